The van der Waals surface area contributed by atoms with Crippen LogP contribution >= 0.6 is 11.6 Å². The van der Waals surface area contributed by atoms with Crippen LogP contribution < -0.4 is 19.9 Å². The van der Waals surface area contributed by atoms with Crippen molar-refractivity contribution >= 4 is 35.2 Å². The van der Waals surface area contributed by atoms with E-state index < -0.39 is 11.8 Å². The molecule has 0 aromatic heterocycles. The SMILES string of the molecule is COc1cc(Cl)c(C=C2C(=O)NN(c3ccccc3)C2=O)cc1OC. The Bertz CT molecular complexity index is 865. The molecule has 3 rings (SSSR count). The van der Waals surface area contributed by atoms with Crippen molar-refractivity contribution in [3.63, 3.8) is 0 Å². The lowest BCUT2D eigenvalue weighted by Gasteiger charge is -2.14. The molecule has 0 unspecified atom stereocenters. The van der Waals surface area contributed by atoms with E-state index in [1.807, 2.05) is 6.07 Å². The van der Waals surface area contributed by atoms with E-state index in [1.54, 1.807) is 36.4 Å². The molecule has 1 fully saturated rings. The summed E-state index contributed by atoms with van der Waals surface area (Å²) >= 11 is 6.23. The summed E-state index contributed by atoms with van der Waals surface area (Å²) in [6.07, 6.45) is 1.44. The lowest BCUT2D eigenvalue weighted by molar-refractivity contribution is -0.117. The van der Waals surface area contributed by atoms with Crippen molar-refractivity contribution in [2.24, 2.45) is 0 Å². The predicted octanol–water partition coefficient (Wildman–Crippen LogP) is 2.82. The van der Waals surface area contributed by atoms with Gasteiger partial charge in [-0.05, 0) is 29.8 Å². The molecule has 0 aliphatic carbocycles. The number of nitrogens with zero attached hydrogens (tertiary/aromatic N) is 1. The number of anilines is 1. The van der Waals surface area contributed by atoms with Gasteiger partial charge in [0.15, 0.2) is 11.5 Å². The molecule has 1 aliphatic heterocycles. The van der Waals surface area contributed by atoms with Gasteiger partial charge in [0, 0.05) is 6.07 Å². The van der Waals surface area contributed by atoms with Gasteiger partial charge >= 0.3 is 0 Å². The van der Waals surface area contributed by atoms with Crippen LogP contribution in [-0.2, 0) is 9.59 Å². The summed E-state index contributed by atoms with van der Waals surface area (Å²) in [6.45, 7) is 0. The van der Waals surface area contributed by atoms with Gasteiger partial charge in [-0.1, -0.05) is 29.8 Å². The van der Waals surface area contributed by atoms with E-state index in [0.717, 1.165) is 0 Å². The Morgan fingerprint density at radius 1 is 1.04 bits per heavy atom. The van der Waals surface area contributed by atoms with Gasteiger partial charge in [-0.25, -0.2) is 5.01 Å². The van der Waals surface area contributed by atoms with Crippen LogP contribution in [-0.4, -0.2) is 26.0 Å². The van der Waals surface area contributed by atoms with Crippen molar-refractivity contribution in [2.45, 2.75) is 0 Å². The molecule has 6 nitrogen and oxygen atoms in total. The van der Waals surface area contributed by atoms with Crippen LogP contribution in [0.3, 0.4) is 0 Å². The van der Waals surface area contributed by atoms with E-state index in [0.29, 0.717) is 27.8 Å². The summed E-state index contributed by atoms with van der Waals surface area (Å²) in [5, 5.41) is 1.53. The van der Waals surface area contributed by atoms with E-state index in [-0.39, 0.29) is 5.57 Å². The van der Waals surface area contributed by atoms with Crippen molar-refractivity contribution < 1.29 is 19.1 Å². The van der Waals surface area contributed by atoms with E-state index >= 15 is 0 Å². The minimum atomic E-state index is -0.500. The van der Waals surface area contributed by atoms with Crippen LogP contribution in [0.15, 0.2) is 48.0 Å². The number of hydrogen-bond donors (Lipinski definition) is 1. The minimum absolute atomic E-state index is 0.0158. The summed E-state index contributed by atoms with van der Waals surface area (Å²) in [4.78, 5) is 24.8. The average Bonchev–Trinajstić information content (AvgIpc) is 2.91. The van der Waals surface area contributed by atoms with Crippen LogP contribution in [0, 0.1) is 0 Å². The van der Waals surface area contributed by atoms with E-state index in [2.05, 4.69) is 5.43 Å². The fraction of sp³-hybridized carbons (Fsp3) is 0.111. The molecule has 7 heteroatoms. The highest BCUT2D eigenvalue weighted by Crippen LogP contribution is 2.34. The maximum Gasteiger partial charge on any atom is 0.282 e. The molecule has 1 heterocycles. The van der Waals surface area contributed by atoms with Gasteiger partial charge in [0.25, 0.3) is 11.8 Å². The van der Waals surface area contributed by atoms with E-state index in [4.69, 9.17) is 21.1 Å². The Labute approximate surface area is 149 Å². The smallest absolute Gasteiger partial charge is 0.282 e. The van der Waals surface area contributed by atoms with Gasteiger partial charge in [0.2, 0.25) is 0 Å². The Morgan fingerprint density at radius 3 is 2.32 bits per heavy atom. The van der Waals surface area contributed by atoms with Gasteiger partial charge in [-0.15, -0.1) is 0 Å². The Morgan fingerprint density at radius 2 is 1.68 bits per heavy atom. The first-order chi connectivity index (χ1) is 12.0. The Balaban J connectivity index is 1.99. The van der Waals surface area contributed by atoms with Crippen LogP contribution in [0.2, 0.25) is 5.02 Å². The maximum atomic E-state index is 12.6. The molecule has 1 N–H and O–H groups in total. The van der Waals surface area contributed by atoms with Gasteiger partial charge in [-0.2, -0.15) is 0 Å². The first kappa shape index (κ1) is 16.9. The number of carbonyl (C=O) groups is 2. The maximum absolute atomic E-state index is 12.6. The molecule has 25 heavy (non-hydrogen) atoms. The zero-order valence-corrected chi connectivity index (χ0v) is 14.3. The topological polar surface area (TPSA) is 67.9 Å². The molecule has 2 aromatic carbocycles. The lowest BCUT2D eigenvalue weighted by Crippen LogP contribution is -2.35. The van der Waals surface area contributed by atoms with Gasteiger partial charge in [-0.3, -0.25) is 15.0 Å². The van der Waals surface area contributed by atoms with Gasteiger partial charge < -0.3 is 9.47 Å². The summed E-state index contributed by atoms with van der Waals surface area (Å²) in [5.41, 5.74) is 3.57. The predicted molar refractivity (Wildman–Crippen MR) is 94.6 cm³/mol. The molecule has 1 saturated heterocycles. The van der Waals surface area contributed by atoms with Crippen LogP contribution in [0.25, 0.3) is 6.08 Å². The number of ether oxygens (including phenoxy) is 2. The quantitative estimate of drug-likeness (QED) is 0.674. The first-order valence-corrected chi connectivity index (χ1v) is 7.76. The highest BCUT2D eigenvalue weighted by molar-refractivity contribution is 6.34. The number of hydrazine groups is 1. The van der Waals surface area contributed by atoms with Gasteiger partial charge in [0.1, 0.15) is 5.57 Å². The number of hydrogen-bond acceptors (Lipinski definition) is 4. The van der Waals surface area contributed by atoms with Crippen LogP contribution in [0.5, 0.6) is 11.5 Å². The van der Waals surface area contributed by atoms with Crippen molar-refractivity contribution in [3.8, 4) is 11.5 Å². The number of nitrogens with one attached hydrogen (secondary N) is 1. The molecule has 0 atom stereocenters. The summed E-state index contributed by atoms with van der Waals surface area (Å²) < 4.78 is 10.4. The minimum Gasteiger partial charge on any atom is -0.493 e. The van der Waals surface area contributed by atoms with Crippen molar-refractivity contribution in [2.75, 3.05) is 19.2 Å². The number of rotatable bonds is 4. The van der Waals surface area contributed by atoms with Crippen molar-refractivity contribution in [1.82, 2.24) is 5.43 Å². The van der Waals surface area contributed by atoms with Crippen LogP contribution in [0.4, 0.5) is 5.69 Å². The number of para-hydroxylation sites is 1. The zero-order chi connectivity index (χ0) is 18.0. The third kappa shape index (κ3) is 3.16. The monoisotopic (exact) mass is 358 g/mol. The summed E-state index contributed by atoms with van der Waals surface area (Å²) in [7, 11) is 2.99. The van der Waals surface area contributed by atoms with Crippen molar-refractivity contribution in [1.29, 1.82) is 0 Å². The van der Waals surface area contributed by atoms with Gasteiger partial charge in [0.05, 0.1) is 24.9 Å². The third-order valence-electron chi connectivity index (χ3n) is 3.71. The largest absolute Gasteiger partial charge is 0.493 e. The second-order valence-electron chi connectivity index (χ2n) is 5.20. The molecule has 0 spiro atoms. The lowest BCUT2D eigenvalue weighted by atomic mass is 10.1. The number of methoxy groups -OCH3 is 2. The standard InChI is InChI=1S/C18H15ClN2O4/c1-24-15-9-11(14(19)10-16(15)25-2)8-13-17(22)20-21(18(13)23)12-6-4-3-5-7-12/h3-10H,1-2H3,(H,20,22). The first-order valence-electron chi connectivity index (χ1n) is 7.39. The average molecular weight is 359 g/mol. The number of amides is 2. The molecular formula is C18H15ClN2O4. The van der Waals surface area contributed by atoms with E-state index in [9.17, 15) is 9.59 Å². The molecule has 0 bridgehead atoms. The Kier molecular flexibility index (Phi) is 4.63. The number of halogens is 1. The molecule has 1 aliphatic rings. The van der Waals surface area contributed by atoms with Crippen LogP contribution in [0.1, 0.15) is 5.56 Å². The summed E-state index contributed by atoms with van der Waals surface area (Å²) in [6, 6.07) is 12.0. The fourth-order valence-electron chi connectivity index (χ4n) is 2.45. The fourth-order valence-corrected chi connectivity index (χ4v) is 2.66. The molecule has 128 valence electrons. The molecule has 2 amide bonds. The van der Waals surface area contributed by atoms with Crippen molar-refractivity contribution in [3.05, 3.63) is 58.6 Å². The number of benzene rings is 2. The second kappa shape index (κ2) is 6.86. The highest BCUT2D eigenvalue weighted by atomic mass is 35.5. The highest BCUT2D eigenvalue weighted by Gasteiger charge is 2.34. The summed E-state index contributed by atoms with van der Waals surface area (Å²) in [5.74, 6) is -0.0472. The third-order valence-corrected chi connectivity index (χ3v) is 4.04. The molecule has 0 radical (unpaired) electrons. The number of carbonyl (C=O) groups excluding carboxylic acids is 2. The molecular weight excluding hydrogens is 344 g/mol. The molecule has 0 saturated carbocycles. The Hall–Kier alpha value is -2.99. The zero-order valence-electron chi connectivity index (χ0n) is 13.6. The molecule has 2 aromatic rings. The normalized spacial score (nSPS) is 15.5. The second-order valence-corrected chi connectivity index (χ2v) is 5.61. The van der Waals surface area contributed by atoms with E-state index in [1.165, 1.54) is 25.3 Å².